The molecule has 0 radical (unpaired) electrons. The first kappa shape index (κ1) is 21.1. The molecule has 0 unspecified atom stereocenters. The molecule has 0 saturated carbocycles. The van der Waals surface area contributed by atoms with Crippen LogP contribution in [0.1, 0.15) is 57.8 Å². The van der Waals surface area contributed by atoms with E-state index >= 15 is 0 Å². The first-order valence-electron chi connectivity index (χ1n) is 9.85. The summed E-state index contributed by atoms with van der Waals surface area (Å²) in [5, 5.41) is 26.7. The number of nitrogens with zero attached hydrogens (tertiary/aromatic N) is 7. The number of aromatic nitrogens is 2. The third-order valence-electron chi connectivity index (χ3n) is 4.51. The van der Waals surface area contributed by atoms with Crippen LogP contribution >= 0.6 is 0 Å². The molecule has 28 heavy (non-hydrogen) atoms. The SMILES string of the molecule is CCCCN(CCCC)c1ccc(N=Nc2nc(C#N)c(C#N)n2CC)cc1. The molecule has 7 nitrogen and oxygen atoms in total. The molecule has 0 amide bonds. The van der Waals surface area contributed by atoms with Crippen LogP contribution in [0.15, 0.2) is 34.5 Å². The van der Waals surface area contributed by atoms with Crippen LogP contribution in [0, 0.1) is 22.7 Å². The monoisotopic (exact) mass is 377 g/mol. The predicted octanol–water partition coefficient (Wildman–Crippen LogP) is 5.47. The summed E-state index contributed by atoms with van der Waals surface area (Å²) in [5.41, 5.74) is 2.19. The number of azo groups is 1. The smallest absolute Gasteiger partial charge is 0.251 e. The fourth-order valence-electron chi connectivity index (χ4n) is 2.91. The Kier molecular flexibility index (Phi) is 8.17. The third kappa shape index (κ3) is 5.17. The van der Waals surface area contributed by atoms with Gasteiger partial charge in [0, 0.05) is 25.3 Å². The van der Waals surface area contributed by atoms with Crippen molar-refractivity contribution in [2.75, 3.05) is 18.0 Å². The summed E-state index contributed by atoms with van der Waals surface area (Å²) in [4.78, 5) is 6.52. The van der Waals surface area contributed by atoms with Crippen molar-refractivity contribution in [3.05, 3.63) is 35.7 Å². The molecular formula is C21H27N7. The van der Waals surface area contributed by atoms with Gasteiger partial charge in [0.2, 0.25) is 0 Å². The van der Waals surface area contributed by atoms with E-state index in [1.165, 1.54) is 31.4 Å². The van der Waals surface area contributed by atoms with Crippen molar-refractivity contribution in [3.8, 4) is 12.1 Å². The van der Waals surface area contributed by atoms with Gasteiger partial charge in [-0.3, -0.25) is 4.57 Å². The molecule has 0 aliphatic carbocycles. The highest BCUT2D eigenvalue weighted by atomic mass is 15.3. The molecule has 0 atom stereocenters. The lowest BCUT2D eigenvalue weighted by molar-refractivity contribution is 0.678. The summed E-state index contributed by atoms with van der Waals surface area (Å²) in [6.07, 6.45) is 4.70. The van der Waals surface area contributed by atoms with E-state index in [0.717, 1.165) is 13.1 Å². The van der Waals surface area contributed by atoms with E-state index < -0.39 is 0 Å². The molecule has 1 aromatic carbocycles. The lowest BCUT2D eigenvalue weighted by Gasteiger charge is -2.24. The Morgan fingerprint density at radius 2 is 1.61 bits per heavy atom. The van der Waals surface area contributed by atoms with E-state index in [1.54, 1.807) is 4.57 Å². The number of benzene rings is 1. The lowest BCUT2D eigenvalue weighted by atomic mass is 10.2. The Hall–Kier alpha value is -3.19. The molecule has 0 saturated heterocycles. The average Bonchev–Trinajstić information content (AvgIpc) is 3.09. The standard InChI is InChI=1S/C21H27N7/c1-4-7-13-27(14-8-5-2)18-11-9-17(10-12-18)25-26-21-24-19(15-22)20(16-23)28(21)6-3/h9-12H,4-8,13-14H2,1-3H3. The van der Waals surface area contributed by atoms with Crippen LogP contribution in [-0.2, 0) is 6.54 Å². The van der Waals surface area contributed by atoms with Crippen molar-refractivity contribution in [2.45, 2.75) is 53.0 Å². The van der Waals surface area contributed by atoms with Gasteiger partial charge in [-0.15, -0.1) is 10.2 Å². The number of unbranched alkanes of at least 4 members (excludes halogenated alkanes) is 2. The number of nitriles is 2. The summed E-state index contributed by atoms with van der Waals surface area (Å²) in [6.45, 7) is 8.89. The van der Waals surface area contributed by atoms with Gasteiger partial charge in [0.25, 0.3) is 5.95 Å². The summed E-state index contributed by atoms with van der Waals surface area (Å²) in [7, 11) is 0. The van der Waals surface area contributed by atoms with Gasteiger partial charge in [0.05, 0.1) is 5.69 Å². The van der Waals surface area contributed by atoms with Crippen LogP contribution in [0.25, 0.3) is 0 Å². The predicted molar refractivity (Wildman–Crippen MR) is 110 cm³/mol. The molecule has 2 aromatic rings. The van der Waals surface area contributed by atoms with Gasteiger partial charge in [-0.25, -0.2) is 0 Å². The average molecular weight is 377 g/mol. The largest absolute Gasteiger partial charge is 0.372 e. The molecule has 1 heterocycles. The van der Waals surface area contributed by atoms with Gasteiger partial charge >= 0.3 is 0 Å². The van der Waals surface area contributed by atoms with Crippen LogP contribution < -0.4 is 4.90 Å². The Morgan fingerprint density at radius 1 is 0.964 bits per heavy atom. The van der Waals surface area contributed by atoms with Crippen molar-refractivity contribution >= 4 is 17.3 Å². The van der Waals surface area contributed by atoms with Gasteiger partial charge in [-0.2, -0.15) is 15.5 Å². The fourth-order valence-corrected chi connectivity index (χ4v) is 2.91. The van der Waals surface area contributed by atoms with E-state index in [4.69, 9.17) is 5.26 Å². The third-order valence-corrected chi connectivity index (χ3v) is 4.51. The zero-order chi connectivity index (χ0) is 20.4. The molecule has 7 heteroatoms. The van der Waals surface area contributed by atoms with Gasteiger partial charge in [-0.05, 0) is 44.0 Å². The Bertz CT molecular complexity index is 858. The minimum absolute atomic E-state index is 0.0798. The highest BCUT2D eigenvalue weighted by molar-refractivity contribution is 5.53. The molecule has 0 aliphatic heterocycles. The van der Waals surface area contributed by atoms with E-state index in [2.05, 4.69) is 46.1 Å². The second-order valence-corrected chi connectivity index (χ2v) is 6.49. The van der Waals surface area contributed by atoms with Crippen LogP contribution in [0.4, 0.5) is 17.3 Å². The topological polar surface area (TPSA) is 93.4 Å². The Balaban J connectivity index is 2.19. The molecule has 0 fully saturated rings. The number of anilines is 1. The van der Waals surface area contributed by atoms with Crippen molar-refractivity contribution < 1.29 is 0 Å². The van der Waals surface area contributed by atoms with Gasteiger partial charge < -0.3 is 4.90 Å². The molecule has 2 rings (SSSR count). The molecule has 146 valence electrons. The van der Waals surface area contributed by atoms with Crippen LogP contribution in [-0.4, -0.2) is 22.6 Å². The first-order valence-corrected chi connectivity index (χ1v) is 9.85. The minimum Gasteiger partial charge on any atom is -0.372 e. The first-order chi connectivity index (χ1) is 13.7. The zero-order valence-electron chi connectivity index (χ0n) is 16.9. The number of imidazole rings is 1. The number of rotatable bonds is 10. The fraction of sp³-hybridized carbons (Fsp3) is 0.476. The van der Waals surface area contributed by atoms with E-state index in [0.29, 0.717) is 12.2 Å². The number of hydrogen-bond acceptors (Lipinski definition) is 6. The second-order valence-electron chi connectivity index (χ2n) is 6.49. The molecule has 1 aromatic heterocycles. The van der Waals surface area contributed by atoms with Crippen LogP contribution in [0.5, 0.6) is 0 Å². The lowest BCUT2D eigenvalue weighted by Crippen LogP contribution is -2.25. The maximum Gasteiger partial charge on any atom is 0.251 e. The van der Waals surface area contributed by atoms with E-state index in [-0.39, 0.29) is 17.3 Å². The summed E-state index contributed by atoms with van der Waals surface area (Å²) in [5.74, 6) is 0.271. The molecular weight excluding hydrogens is 350 g/mol. The second kappa shape index (κ2) is 10.8. The summed E-state index contributed by atoms with van der Waals surface area (Å²) in [6, 6.07) is 11.9. The Morgan fingerprint density at radius 3 is 2.11 bits per heavy atom. The minimum atomic E-state index is 0.0798. The molecule has 0 aliphatic rings. The summed E-state index contributed by atoms with van der Waals surface area (Å²) < 4.78 is 1.59. The molecule has 0 bridgehead atoms. The summed E-state index contributed by atoms with van der Waals surface area (Å²) >= 11 is 0. The zero-order valence-corrected chi connectivity index (χ0v) is 16.9. The van der Waals surface area contributed by atoms with Crippen molar-refractivity contribution in [3.63, 3.8) is 0 Å². The van der Waals surface area contributed by atoms with Crippen molar-refractivity contribution in [1.82, 2.24) is 9.55 Å². The molecule has 0 spiro atoms. The van der Waals surface area contributed by atoms with Crippen LogP contribution in [0.3, 0.4) is 0 Å². The Labute approximate surface area is 166 Å². The number of hydrogen-bond donors (Lipinski definition) is 0. The highest BCUT2D eigenvalue weighted by Crippen LogP contribution is 2.24. The van der Waals surface area contributed by atoms with Crippen molar-refractivity contribution in [2.24, 2.45) is 10.2 Å². The van der Waals surface area contributed by atoms with Crippen molar-refractivity contribution in [1.29, 1.82) is 10.5 Å². The maximum atomic E-state index is 9.23. The van der Waals surface area contributed by atoms with Crippen LogP contribution in [0.2, 0.25) is 0 Å². The quantitative estimate of drug-likeness (QED) is 0.513. The maximum absolute atomic E-state index is 9.23. The normalized spacial score (nSPS) is 10.8. The highest BCUT2D eigenvalue weighted by Gasteiger charge is 2.15. The van der Waals surface area contributed by atoms with Gasteiger partial charge in [0.1, 0.15) is 12.1 Å². The van der Waals surface area contributed by atoms with E-state index in [9.17, 15) is 5.26 Å². The van der Waals surface area contributed by atoms with Gasteiger partial charge in [-0.1, -0.05) is 26.7 Å². The van der Waals surface area contributed by atoms with Gasteiger partial charge in [0.15, 0.2) is 11.4 Å². The molecule has 0 N–H and O–H groups in total. The van der Waals surface area contributed by atoms with E-state index in [1.807, 2.05) is 31.2 Å².